The largest absolute Gasteiger partial charge is 0.493 e. The van der Waals surface area contributed by atoms with Crippen molar-refractivity contribution in [3.05, 3.63) is 23.8 Å². The summed E-state index contributed by atoms with van der Waals surface area (Å²) in [6.45, 7) is 0. The van der Waals surface area contributed by atoms with E-state index in [1.54, 1.807) is 14.2 Å². The molecule has 0 atom stereocenters. The first-order chi connectivity index (χ1) is 9.21. The molecule has 0 amide bonds. The van der Waals surface area contributed by atoms with Crippen molar-refractivity contribution in [1.29, 1.82) is 0 Å². The fourth-order valence-corrected chi connectivity index (χ4v) is 1.50. The molecule has 1 aromatic rings. The second kappa shape index (κ2) is 8.04. The summed E-state index contributed by atoms with van der Waals surface area (Å²) < 4.78 is 14.9. The molecule has 0 bridgehead atoms. The molecule has 4 nitrogen and oxygen atoms in total. The van der Waals surface area contributed by atoms with Crippen LogP contribution in [0.4, 0.5) is 0 Å². The average Bonchev–Trinajstić information content (AvgIpc) is 2.46. The predicted molar refractivity (Wildman–Crippen MR) is 72.3 cm³/mol. The molecule has 0 radical (unpaired) electrons. The maximum atomic E-state index is 10.9. The van der Waals surface area contributed by atoms with Crippen LogP contribution in [0.3, 0.4) is 0 Å². The smallest absolute Gasteiger partial charge is 0.305 e. The summed E-state index contributed by atoms with van der Waals surface area (Å²) in [5.74, 6) is 7.18. The van der Waals surface area contributed by atoms with E-state index in [4.69, 9.17) is 9.47 Å². The van der Waals surface area contributed by atoms with Gasteiger partial charge in [0.1, 0.15) is 0 Å². The molecule has 1 aromatic carbocycles. The Bertz CT molecular complexity index is 483. The molecule has 0 aliphatic rings. The molecule has 0 fully saturated rings. The van der Waals surface area contributed by atoms with E-state index in [2.05, 4.69) is 16.6 Å². The number of methoxy groups -OCH3 is 3. The lowest BCUT2D eigenvalue weighted by Crippen LogP contribution is -1.98. The third-order valence-electron chi connectivity index (χ3n) is 2.53. The Kier molecular flexibility index (Phi) is 6.31. The van der Waals surface area contributed by atoms with Gasteiger partial charge in [0.05, 0.1) is 21.3 Å². The molecule has 0 spiro atoms. The van der Waals surface area contributed by atoms with E-state index in [0.717, 1.165) is 5.56 Å². The number of esters is 1. The molecule has 0 aliphatic carbocycles. The van der Waals surface area contributed by atoms with Crippen LogP contribution < -0.4 is 9.47 Å². The van der Waals surface area contributed by atoms with Crippen LogP contribution in [0.25, 0.3) is 0 Å². The lowest BCUT2D eigenvalue weighted by Gasteiger charge is -2.06. The number of rotatable bonds is 5. The van der Waals surface area contributed by atoms with Crippen LogP contribution in [0.15, 0.2) is 18.2 Å². The highest BCUT2D eigenvalue weighted by atomic mass is 16.5. The number of benzene rings is 1. The van der Waals surface area contributed by atoms with Crippen molar-refractivity contribution >= 4 is 5.97 Å². The van der Waals surface area contributed by atoms with Crippen molar-refractivity contribution in [3.63, 3.8) is 0 Å². The standard InChI is InChI=1S/C15H18O4/c1-17-13-10-9-12(11-14(13)18-2)7-5-4-6-8-15(16)19-3/h9-11H,4,6,8H2,1-3H3. The average molecular weight is 262 g/mol. The third kappa shape index (κ3) is 4.92. The molecule has 4 heteroatoms. The first-order valence-electron chi connectivity index (χ1n) is 5.99. The summed E-state index contributed by atoms with van der Waals surface area (Å²) in [4.78, 5) is 10.9. The lowest BCUT2D eigenvalue weighted by atomic mass is 10.2. The minimum Gasteiger partial charge on any atom is -0.493 e. The van der Waals surface area contributed by atoms with Gasteiger partial charge in [-0.05, 0) is 24.6 Å². The summed E-state index contributed by atoms with van der Waals surface area (Å²) in [6.07, 6.45) is 1.76. The summed E-state index contributed by atoms with van der Waals surface area (Å²) >= 11 is 0. The Morgan fingerprint density at radius 3 is 2.53 bits per heavy atom. The fourth-order valence-electron chi connectivity index (χ4n) is 1.50. The highest BCUT2D eigenvalue weighted by Gasteiger charge is 2.02. The Morgan fingerprint density at radius 1 is 1.16 bits per heavy atom. The van der Waals surface area contributed by atoms with Crippen LogP contribution in [0.5, 0.6) is 11.5 Å². The number of ether oxygens (including phenoxy) is 3. The van der Waals surface area contributed by atoms with E-state index in [1.165, 1.54) is 7.11 Å². The molecule has 0 N–H and O–H groups in total. The second-order valence-electron chi connectivity index (χ2n) is 3.80. The van der Waals surface area contributed by atoms with Gasteiger partial charge in [0.25, 0.3) is 0 Å². The van der Waals surface area contributed by atoms with Gasteiger partial charge in [-0.3, -0.25) is 4.79 Å². The Balaban J connectivity index is 2.56. The number of hydrogen-bond acceptors (Lipinski definition) is 4. The third-order valence-corrected chi connectivity index (χ3v) is 2.53. The maximum absolute atomic E-state index is 10.9. The molecule has 102 valence electrons. The minimum atomic E-state index is -0.201. The maximum Gasteiger partial charge on any atom is 0.305 e. The number of unbranched alkanes of at least 4 members (excludes halogenated alkanes) is 1. The monoisotopic (exact) mass is 262 g/mol. The Morgan fingerprint density at radius 2 is 1.89 bits per heavy atom. The lowest BCUT2D eigenvalue weighted by molar-refractivity contribution is -0.140. The fraction of sp³-hybridized carbons (Fsp3) is 0.400. The van der Waals surface area contributed by atoms with E-state index in [0.29, 0.717) is 30.8 Å². The molecule has 0 saturated heterocycles. The summed E-state index contributed by atoms with van der Waals surface area (Å²) in [5, 5.41) is 0. The molecule has 0 saturated carbocycles. The molecule has 0 aromatic heterocycles. The number of hydrogen-bond donors (Lipinski definition) is 0. The van der Waals surface area contributed by atoms with Crippen LogP contribution in [0, 0.1) is 11.8 Å². The normalized spacial score (nSPS) is 9.21. The number of carbonyl (C=O) groups is 1. The minimum absolute atomic E-state index is 0.201. The van der Waals surface area contributed by atoms with Crippen molar-refractivity contribution < 1.29 is 19.0 Å². The molecule has 0 heterocycles. The van der Waals surface area contributed by atoms with Crippen molar-refractivity contribution in [2.45, 2.75) is 19.3 Å². The zero-order valence-corrected chi connectivity index (χ0v) is 11.5. The van der Waals surface area contributed by atoms with Gasteiger partial charge in [-0.1, -0.05) is 11.8 Å². The van der Waals surface area contributed by atoms with Crippen molar-refractivity contribution in [1.82, 2.24) is 0 Å². The van der Waals surface area contributed by atoms with Crippen LogP contribution in [0.1, 0.15) is 24.8 Å². The van der Waals surface area contributed by atoms with Gasteiger partial charge < -0.3 is 14.2 Å². The molecular weight excluding hydrogens is 244 g/mol. The van der Waals surface area contributed by atoms with Crippen LogP contribution in [0.2, 0.25) is 0 Å². The summed E-state index contributed by atoms with van der Waals surface area (Å²) in [7, 11) is 4.57. The van der Waals surface area contributed by atoms with Crippen LogP contribution in [-0.4, -0.2) is 27.3 Å². The first kappa shape index (κ1) is 14.9. The van der Waals surface area contributed by atoms with Gasteiger partial charge in [-0.2, -0.15) is 0 Å². The molecule has 0 unspecified atom stereocenters. The zero-order valence-electron chi connectivity index (χ0n) is 11.5. The summed E-state index contributed by atoms with van der Waals surface area (Å²) in [5.41, 5.74) is 0.857. The Hall–Kier alpha value is -2.15. The van der Waals surface area contributed by atoms with Crippen molar-refractivity contribution in [2.75, 3.05) is 21.3 Å². The van der Waals surface area contributed by atoms with E-state index in [9.17, 15) is 4.79 Å². The molecule has 1 rings (SSSR count). The van der Waals surface area contributed by atoms with E-state index in [-0.39, 0.29) is 5.97 Å². The van der Waals surface area contributed by atoms with Gasteiger partial charge in [-0.15, -0.1) is 0 Å². The topological polar surface area (TPSA) is 44.8 Å². The zero-order chi connectivity index (χ0) is 14.1. The highest BCUT2D eigenvalue weighted by molar-refractivity contribution is 5.69. The van der Waals surface area contributed by atoms with Gasteiger partial charge >= 0.3 is 5.97 Å². The molecular formula is C15H18O4. The van der Waals surface area contributed by atoms with Crippen molar-refractivity contribution in [2.24, 2.45) is 0 Å². The number of carbonyl (C=O) groups excluding carboxylic acids is 1. The van der Waals surface area contributed by atoms with Gasteiger partial charge in [-0.25, -0.2) is 0 Å². The Labute approximate surface area is 113 Å². The van der Waals surface area contributed by atoms with Crippen LogP contribution in [-0.2, 0) is 9.53 Å². The molecule has 19 heavy (non-hydrogen) atoms. The van der Waals surface area contributed by atoms with Gasteiger partial charge in [0.2, 0.25) is 0 Å². The second-order valence-corrected chi connectivity index (χ2v) is 3.80. The predicted octanol–water partition coefficient (Wildman–Crippen LogP) is 2.40. The van der Waals surface area contributed by atoms with E-state index < -0.39 is 0 Å². The quantitative estimate of drug-likeness (QED) is 0.464. The van der Waals surface area contributed by atoms with Gasteiger partial charge in [0, 0.05) is 18.4 Å². The summed E-state index contributed by atoms with van der Waals surface area (Å²) in [6, 6.07) is 5.51. The molecule has 0 aliphatic heterocycles. The van der Waals surface area contributed by atoms with Crippen molar-refractivity contribution in [3.8, 4) is 23.3 Å². The van der Waals surface area contributed by atoms with E-state index in [1.807, 2.05) is 18.2 Å². The van der Waals surface area contributed by atoms with Crippen LogP contribution >= 0.6 is 0 Å². The van der Waals surface area contributed by atoms with E-state index >= 15 is 0 Å². The highest BCUT2D eigenvalue weighted by Crippen LogP contribution is 2.27. The van der Waals surface area contributed by atoms with Gasteiger partial charge in [0.15, 0.2) is 11.5 Å². The first-order valence-corrected chi connectivity index (χ1v) is 5.99. The SMILES string of the molecule is COC(=O)CCCC#Cc1ccc(OC)c(OC)c1.